The van der Waals surface area contributed by atoms with Crippen molar-refractivity contribution in [2.75, 3.05) is 14.2 Å². The normalized spacial score (nSPS) is 13.5. The largest absolute Gasteiger partial charge is 0.497 e. The van der Waals surface area contributed by atoms with Gasteiger partial charge < -0.3 is 19.7 Å². The summed E-state index contributed by atoms with van der Waals surface area (Å²) in [6, 6.07) is 3.62. The number of hydrogen-bond donors (Lipinski definition) is 2. The fraction of sp³-hybridized carbons (Fsp3) is 0.364. The van der Waals surface area contributed by atoms with E-state index in [4.69, 9.17) is 4.74 Å². The second kappa shape index (κ2) is 6.12. The summed E-state index contributed by atoms with van der Waals surface area (Å²) in [6.45, 7) is 0. The molecular formula is C11H13NO7. The second-order valence-corrected chi connectivity index (χ2v) is 3.59. The van der Waals surface area contributed by atoms with Crippen LogP contribution in [0.3, 0.4) is 0 Å². The minimum atomic E-state index is -1.92. The number of esters is 1. The van der Waals surface area contributed by atoms with Crippen LogP contribution in [0, 0.1) is 10.1 Å². The van der Waals surface area contributed by atoms with Crippen molar-refractivity contribution >= 4 is 11.7 Å². The molecule has 0 bridgehead atoms. The number of methoxy groups -OCH3 is 2. The summed E-state index contributed by atoms with van der Waals surface area (Å²) in [5.74, 6) is -0.846. The first-order valence-corrected chi connectivity index (χ1v) is 5.18. The number of carbonyl (C=O) groups excluding carboxylic acids is 1. The highest BCUT2D eigenvalue weighted by Gasteiger charge is 2.32. The summed E-state index contributed by atoms with van der Waals surface area (Å²) < 4.78 is 9.14. The van der Waals surface area contributed by atoms with Crippen molar-refractivity contribution < 1.29 is 29.4 Å². The summed E-state index contributed by atoms with van der Waals surface area (Å²) in [4.78, 5) is 21.2. The first-order valence-electron chi connectivity index (χ1n) is 5.18. The van der Waals surface area contributed by atoms with Gasteiger partial charge in [-0.1, -0.05) is 0 Å². The standard InChI is InChI=1S/C11H13NO7/c1-18-6-3-4-8(12(16)17)7(5-6)9(13)10(14)11(15)19-2/h3-5,9-10,13-14H,1-2H3. The smallest absolute Gasteiger partial charge is 0.337 e. The third kappa shape index (κ3) is 3.18. The highest BCUT2D eigenvalue weighted by Crippen LogP contribution is 2.31. The van der Waals surface area contributed by atoms with E-state index >= 15 is 0 Å². The number of rotatable bonds is 5. The molecule has 0 aliphatic carbocycles. The van der Waals surface area contributed by atoms with Gasteiger partial charge >= 0.3 is 5.97 Å². The Morgan fingerprint density at radius 2 is 2.00 bits per heavy atom. The monoisotopic (exact) mass is 271 g/mol. The van der Waals surface area contributed by atoms with Gasteiger partial charge in [0.15, 0.2) is 6.10 Å². The molecule has 2 N–H and O–H groups in total. The van der Waals surface area contributed by atoms with E-state index in [1.165, 1.54) is 19.2 Å². The predicted molar refractivity (Wildman–Crippen MR) is 62.6 cm³/mol. The molecule has 0 heterocycles. The molecule has 0 saturated heterocycles. The fourth-order valence-electron chi connectivity index (χ4n) is 1.48. The molecule has 1 aromatic carbocycles. The van der Waals surface area contributed by atoms with Gasteiger partial charge in [0.1, 0.15) is 11.9 Å². The van der Waals surface area contributed by atoms with Crippen molar-refractivity contribution in [3.05, 3.63) is 33.9 Å². The van der Waals surface area contributed by atoms with Gasteiger partial charge in [-0.3, -0.25) is 10.1 Å². The summed E-state index contributed by atoms with van der Waals surface area (Å²) in [6.07, 6.45) is -3.71. The number of aliphatic hydroxyl groups is 2. The number of nitrogens with zero attached hydrogens (tertiary/aromatic N) is 1. The van der Waals surface area contributed by atoms with Crippen LogP contribution in [-0.2, 0) is 9.53 Å². The quantitative estimate of drug-likeness (QED) is 0.445. The Kier molecular flexibility index (Phi) is 4.79. The highest BCUT2D eigenvalue weighted by atomic mass is 16.6. The molecule has 0 aliphatic heterocycles. The van der Waals surface area contributed by atoms with E-state index in [0.717, 1.165) is 13.2 Å². The number of ether oxygens (including phenoxy) is 2. The zero-order chi connectivity index (χ0) is 14.6. The molecule has 2 unspecified atom stereocenters. The zero-order valence-corrected chi connectivity index (χ0v) is 10.3. The van der Waals surface area contributed by atoms with Crippen molar-refractivity contribution in [2.45, 2.75) is 12.2 Å². The first kappa shape index (κ1) is 14.9. The topological polar surface area (TPSA) is 119 Å². The average Bonchev–Trinajstić information content (AvgIpc) is 2.43. The lowest BCUT2D eigenvalue weighted by molar-refractivity contribution is -0.386. The minimum absolute atomic E-state index is 0.234. The third-order valence-corrected chi connectivity index (χ3v) is 2.49. The van der Waals surface area contributed by atoms with Crippen LogP contribution in [0.2, 0.25) is 0 Å². The number of nitro groups is 1. The van der Waals surface area contributed by atoms with Crippen LogP contribution in [0.25, 0.3) is 0 Å². The minimum Gasteiger partial charge on any atom is -0.497 e. The lowest BCUT2D eigenvalue weighted by Gasteiger charge is -2.16. The molecule has 104 valence electrons. The predicted octanol–water partition coefficient (Wildman–Crippen LogP) is 0.171. The van der Waals surface area contributed by atoms with Crippen LogP contribution in [0.5, 0.6) is 5.75 Å². The zero-order valence-electron chi connectivity index (χ0n) is 10.3. The number of hydrogen-bond acceptors (Lipinski definition) is 7. The maximum Gasteiger partial charge on any atom is 0.337 e. The van der Waals surface area contributed by atoms with Crippen molar-refractivity contribution in [1.29, 1.82) is 0 Å². The van der Waals surface area contributed by atoms with Crippen LogP contribution in [0.4, 0.5) is 5.69 Å². The average molecular weight is 271 g/mol. The molecule has 8 nitrogen and oxygen atoms in total. The maximum absolute atomic E-state index is 11.1. The van der Waals surface area contributed by atoms with Crippen LogP contribution in [0.15, 0.2) is 18.2 Å². The van der Waals surface area contributed by atoms with E-state index in [0.29, 0.717) is 0 Å². The molecule has 0 radical (unpaired) electrons. The van der Waals surface area contributed by atoms with Gasteiger partial charge in [0, 0.05) is 6.07 Å². The van der Waals surface area contributed by atoms with Crippen LogP contribution in [0.1, 0.15) is 11.7 Å². The summed E-state index contributed by atoms with van der Waals surface area (Å²) >= 11 is 0. The van der Waals surface area contributed by atoms with E-state index in [1.54, 1.807) is 0 Å². The lowest BCUT2D eigenvalue weighted by Crippen LogP contribution is -2.29. The second-order valence-electron chi connectivity index (χ2n) is 3.59. The molecule has 0 saturated carbocycles. The van der Waals surface area contributed by atoms with E-state index in [2.05, 4.69) is 4.74 Å². The summed E-state index contributed by atoms with van der Waals surface area (Å²) in [5, 5.41) is 30.2. The first-order chi connectivity index (χ1) is 8.92. The van der Waals surface area contributed by atoms with Gasteiger partial charge in [0.25, 0.3) is 5.69 Å². The Bertz CT molecular complexity index is 488. The number of nitro benzene ring substituents is 1. The molecule has 0 fully saturated rings. The Hall–Kier alpha value is -2.19. The molecular weight excluding hydrogens is 258 g/mol. The van der Waals surface area contributed by atoms with Gasteiger partial charge in [-0.25, -0.2) is 4.79 Å². The number of benzene rings is 1. The third-order valence-electron chi connectivity index (χ3n) is 2.49. The molecule has 8 heteroatoms. The molecule has 1 aromatic rings. The molecule has 0 aliphatic rings. The van der Waals surface area contributed by atoms with E-state index in [9.17, 15) is 25.1 Å². The summed E-state index contributed by atoms with van der Waals surface area (Å²) in [5.41, 5.74) is -0.668. The van der Waals surface area contributed by atoms with Crippen molar-refractivity contribution in [3.8, 4) is 5.75 Å². The fourth-order valence-corrected chi connectivity index (χ4v) is 1.48. The van der Waals surface area contributed by atoms with Crippen LogP contribution in [-0.4, -0.2) is 41.4 Å². The van der Waals surface area contributed by atoms with E-state index < -0.39 is 28.8 Å². The Labute approximate surface area is 108 Å². The molecule has 0 spiro atoms. The highest BCUT2D eigenvalue weighted by molar-refractivity contribution is 5.75. The SMILES string of the molecule is COC(=O)C(O)C(O)c1cc(OC)ccc1[N+](=O)[O-]. The molecule has 0 aromatic heterocycles. The van der Waals surface area contributed by atoms with Gasteiger partial charge in [-0.05, 0) is 12.1 Å². The van der Waals surface area contributed by atoms with Crippen molar-refractivity contribution in [2.24, 2.45) is 0 Å². The Morgan fingerprint density at radius 1 is 1.37 bits per heavy atom. The van der Waals surface area contributed by atoms with E-state index in [1.807, 2.05) is 0 Å². The maximum atomic E-state index is 11.1. The Balaban J connectivity index is 3.22. The molecule has 19 heavy (non-hydrogen) atoms. The molecule has 0 amide bonds. The van der Waals surface area contributed by atoms with Crippen molar-refractivity contribution in [1.82, 2.24) is 0 Å². The van der Waals surface area contributed by atoms with Crippen molar-refractivity contribution in [3.63, 3.8) is 0 Å². The van der Waals surface area contributed by atoms with E-state index in [-0.39, 0.29) is 11.3 Å². The van der Waals surface area contributed by atoms with Gasteiger partial charge in [0.05, 0.1) is 24.7 Å². The van der Waals surface area contributed by atoms with Crippen LogP contribution >= 0.6 is 0 Å². The lowest BCUT2D eigenvalue weighted by atomic mass is 10.0. The Morgan fingerprint density at radius 3 is 2.47 bits per heavy atom. The van der Waals surface area contributed by atoms with Gasteiger partial charge in [-0.15, -0.1) is 0 Å². The molecule has 1 rings (SSSR count). The van der Waals surface area contributed by atoms with Gasteiger partial charge in [0.2, 0.25) is 0 Å². The number of carbonyl (C=O) groups is 1. The van der Waals surface area contributed by atoms with Crippen LogP contribution < -0.4 is 4.74 Å². The summed E-state index contributed by atoms with van der Waals surface area (Å²) in [7, 11) is 2.37. The van der Waals surface area contributed by atoms with Gasteiger partial charge in [-0.2, -0.15) is 0 Å². The molecule has 2 atom stereocenters. The number of aliphatic hydroxyl groups excluding tert-OH is 2.